The zero-order valence-electron chi connectivity index (χ0n) is 11.4. The number of alkyl halides is 3. The van der Waals surface area contributed by atoms with E-state index >= 15 is 0 Å². The number of benzene rings is 1. The van der Waals surface area contributed by atoms with Crippen molar-refractivity contribution in [1.82, 2.24) is 0 Å². The van der Waals surface area contributed by atoms with Gasteiger partial charge in [0.05, 0.1) is 5.41 Å². The van der Waals surface area contributed by atoms with Crippen LogP contribution in [0.5, 0.6) is 0 Å². The number of carboxylic acid groups (broad SMARTS) is 1. The maximum Gasteiger partial charge on any atom is 0.411 e. The van der Waals surface area contributed by atoms with Crippen molar-refractivity contribution < 1.29 is 27.8 Å². The number of hydrogen-bond donors (Lipinski definition) is 1. The van der Waals surface area contributed by atoms with Gasteiger partial charge in [-0.15, -0.1) is 0 Å². The van der Waals surface area contributed by atoms with Gasteiger partial charge in [-0.2, -0.15) is 13.2 Å². The molecule has 1 aliphatic rings. The van der Waals surface area contributed by atoms with Crippen LogP contribution in [0.2, 0.25) is 0 Å². The lowest BCUT2D eigenvalue weighted by atomic mass is 9.80. The standard InChI is InChI=1S/C15H17F3O3/c16-15(17,18)10-21-7-3-6-14(13(19)20)8-11-4-1-2-5-12(11)9-14/h1-2,4-5H,3,6-10H2,(H,19,20). The summed E-state index contributed by atoms with van der Waals surface area (Å²) < 4.78 is 40.4. The molecule has 0 fully saturated rings. The molecule has 0 unspecified atom stereocenters. The van der Waals surface area contributed by atoms with E-state index in [1.54, 1.807) is 0 Å². The summed E-state index contributed by atoms with van der Waals surface area (Å²) in [4.78, 5) is 11.6. The van der Waals surface area contributed by atoms with E-state index in [9.17, 15) is 23.1 Å². The van der Waals surface area contributed by atoms with Gasteiger partial charge in [0, 0.05) is 6.61 Å². The summed E-state index contributed by atoms with van der Waals surface area (Å²) in [5, 5.41) is 9.50. The van der Waals surface area contributed by atoms with E-state index in [0.29, 0.717) is 25.7 Å². The molecule has 1 aliphatic carbocycles. The molecule has 0 radical (unpaired) electrons. The SMILES string of the molecule is O=C(O)C1(CCCOCC(F)(F)F)Cc2ccccc2C1. The summed E-state index contributed by atoms with van der Waals surface area (Å²) in [6.07, 6.45) is -2.87. The first-order valence-electron chi connectivity index (χ1n) is 6.77. The second kappa shape index (κ2) is 6.05. The van der Waals surface area contributed by atoms with Crippen molar-refractivity contribution in [3.8, 4) is 0 Å². The van der Waals surface area contributed by atoms with Gasteiger partial charge >= 0.3 is 12.1 Å². The van der Waals surface area contributed by atoms with Crippen molar-refractivity contribution in [2.75, 3.05) is 13.2 Å². The highest BCUT2D eigenvalue weighted by Crippen LogP contribution is 2.40. The second-order valence-corrected chi connectivity index (χ2v) is 5.48. The minimum atomic E-state index is -4.34. The van der Waals surface area contributed by atoms with Crippen LogP contribution in [-0.4, -0.2) is 30.5 Å². The molecule has 0 saturated carbocycles. The van der Waals surface area contributed by atoms with Crippen LogP contribution >= 0.6 is 0 Å². The maximum atomic E-state index is 11.9. The molecule has 1 aromatic rings. The van der Waals surface area contributed by atoms with Crippen LogP contribution in [0, 0.1) is 5.41 Å². The van der Waals surface area contributed by atoms with E-state index in [1.807, 2.05) is 24.3 Å². The molecule has 0 aromatic heterocycles. The number of fused-ring (bicyclic) bond motifs is 1. The highest BCUT2D eigenvalue weighted by molar-refractivity contribution is 5.77. The highest BCUT2D eigenvalue weighted by Gasteiger charge is 2.43. The van der Waals surface area contributed by atoms with Crippen molar-refractivity contribution in [2.45, 2.75) is 31.9 Å². The Kier molecular flexibility index (Phi) is 4.56. The molecule has 21 heavy (non-hydrogen) atoms. The molecule has 0 aliphatic heterocycles. The van der Waals surface area contributed by atoms with Gasteiger partial charge in [-0.1, -0.05) is 24.3 Å². The minimum Gasteiger partial charge on any atom is -0.481 e. The zero-order valence-corrected chi connectivity index (χ0v) is 11.4. The number of halogens is 3. The van der Waals surface area contributed by atoms with Gasteiger partial charge in [0.2, 0.25) is 0 Å². The van der Waals surface area contributed by atoms with Gasteiger partial charge in [0.1, 0.15) is 6.61 Å². The Morgan fingerprint density at radius 3 is 2.29 bits per heavy atom. The lowest BCUT2D eigenvalue weighted by Gasteiger charge is -2.23. The third-order valence-electron chi connectivity index (χ3n) is 3.84. The Bertz CT molecular complexity index is 486. The predicted octanol–water partition coefficient (Wildman–Crippen LogP) is 3.22. The van der Waals surface area contributed by atoms with E-state index in [1.165, 1.54) is 0 Å². The molecule has 1 N–H and O–H groups in total. The average molecular weight is 302 g/mol. The number of ether oxygens (including phenoxy) is 1. The van der Waals surface area contributed by atoms with Gasteiger partial charge in [-0.25, -0.2) is 0 Å². The molecule has 116 valence electrons. The predicted molar refractivity (Wildman–Crippen MR) is 70.0 cm³/mol. The van der Waals surface area contributed by atoms with Crippen molar-refractivity contribution in [2.24, 2.45) is 5.41 Å². The molecule has 1 aromatic carbocycles. The van der Waals surface area contributed by atoms with E-state index in [2.05, 4.69) is 4.74 Å². The van der Waals surface area contributed by atoms with Crippen LogP contribution in [0.15, 0.2) is 24.3 Å². The highest BCUT2D eigenvalue weighted by atomic mass is 19.4. The summed E-state index contributed by atoms with van der Waals surface area (Å²) in [5.74, 6) is -0.894. The molecule has 0 spiro atoms. The average Bonchev–Trinajstić information content (AvgIpc) is 2.76. The molecule has 0 atom stereocenters. The Balaban J connectivity index is 1.89. The summed E-state index contributed by atoms with van der Waals surface area (Å²) in [6.45, 7) is -1.36. The van der Waals surface area contributed by atoms with Gasteiger partial charge < -0.3 is 9.84 Å². The molecule has 0 amide bonds. The summed E-state index contributed by atoms with van der Waals surface area (Å²) in [5.41, 5.74) is 1.11. The number of aliphatic carboxylic acids is 1. The number of rotatable bonds is 6. The summed E-state index contributed by atoms with van der Waals surface area (Å²) >= 11 is 0. The smallest absolute Gasteiger partial charge is 0.411 e. The molecule has 6 heteroatoms. The first-order chi connectivity index (χ1) is 9.82. The fourth-order valence-corrected chi connectivity index (χ4v) is 2.83. The normalized spacial score (nSPS) is 16.7. The lowest BCUT2D eigenvalue weighted by molar-refractivity contribution is -0.174. The van der Waals surface area contributed by atoms with Crippen LogP contribution in [0.25, 0.3) is 0 Å². The Morgan fingerprint density at radius 2 is 1.81 bits per heavy atom. The molecule has 0 heterocycles. The summed E-state index contributed by atoms with van der Waals surface area (Å²) in [7, 11) is 0. The lowest BCUT2D eigenvalue weighted by Crippen LogP contribution is -2.32. The molecular formula is C15H17F3O3. The van der Waals surface area contributed by atoms with Gasteiger partial charge in [0.15, 0.2) is 0 Å². The third-order valence-corrected chi connectivity index (χ3v) is 3.84. The topological polar surface area (TPSA) is 46.5 Å². The Hall–Kier alpha value is -1.56. The van der Waals surface area contributed by atoms with Crippen molar-refractivity contribution >= 4 is 5.97 Å². The third kappa shape index (κ3) is 3.97. The van der Waals surface area contributed by atoms with Gasteiger partial charge in [-0.3, -0.25) is 4.79 Å². The first-order valence-corrected chi connectivity index (χ1v) is 6.77. The molecule has 0 saturated heterocycles. The van der Waals surface area contributed by atoms with Crippen LogP contribution in [0.4, 0.5) is 13.2 Å². The molecule has 2 rings (SSSR count). The minimum absolute atomic E-state index is 0.0785. The van der Waals surface area contributed by atoms with Crippen LogP contribution in [0.3, 0.4) is 0 Å². The second-order valence-electron chi connectivity index (χ2n) is 5.48. The Labute approximate surface area is 120 Å². The number of hydrogen-bond acceptors (Lipinski definition) is 2. The van der Waals surface area contributed by atoms with E-state index in [4.69, 9.17) is 0 Å². The maximum absolute atomic E-state index is 11.9. The van der Waals surface area contributed by atoms with Gasteiger partial charge in [-0.05, 0) is 36.8 Å². The fourth-order valence-electron chi connectivity index (χ4n) is 2.83. The van der Waals surface area contributed by atoms with Crippen LogP contribution in [0.1, 0.15) is 24.0 Å². The zero-order chi connectivity index (χ0) is 15.5. The van der Waals surface area contributed by atoms with Crippen molar-refractivity contribution in [3.05, 3.63) is 35.4 Å². The Morgan fingerprint density at radius 1 is 1.24 bits per heavy atom. The largest absolute Gasteiger partial charge is 0.481 e. The number of carbonyl (C=O) groups is 1. The molecule has 3 nitrogen and oxygen atoms in total. The molecule has 0 bridgehead atoms. The van der Waals surface area contributed by atoms with Crippen LogP contribution < -0.4 is 0 Å². The molecular weight excluding hydrogens is 285 g/mol. The van der Waals surface area contributed by atoms with Crippen molar-refractivity contribution in [3.63, 3.8) is 0 Å². The van der Waals surface area contributed by atoms with E-state index in [0.717, 1.165) is 11.1 Å². The van der Waals surface area contributed by atoms with E-state index < -0.39 is 24.2 Å². The summed E-state index contributed by atoms with van der Waals surface area (Å²) in [6, 6.07) is 7.53. The van der Waals surface area contributed by atoms with Crippen LogP contribution in [-0.2, 0) is 22.4 Å². The van der Waals surface area contributed by atoms with Gasteiger partial charge in [0.25, 0.3) is 0 Å². The quantitative estimate of drug-likeness (QED) is 0.821. The first kappa shape index (κ1) is 15.8. The number of carboxylic acids is 1. The fraction of sp³-hybridized carbons (Fsp3) is 0.533. The van der Waals surface area contributed by atoms with Crippen molar-refractivity contribution in [1.29, 1.82) is 0 Å². The van der Waals surface area contributed by atoms with E-state index in [-0.39, 0.29) is 6.61 Å². The monoisotopic (exact) mass is 302 g/mol.